The molecule has 4 aromatic rings. The van der Waals surface area contributed by atoms with Crippen molar-refractivity contribution in [1.82, 2.24) is 20.2 Å². The quantitative estimate of drug-likeness (QED) is 0.423. The van der Waals surface area contributed by atoms with Crippen molar-refractivity contribution in [2.24, 2.45) is 12.2 Å². The Hall–Kier alpha value is -3.56. The zero-order valence-corrected chi connectivity index (χ0v) is 18.4. The molecular formula is C22H24N6O2S. The summed E-state index contributed by atoms with van der Waals surface area (Å²) in [6.07, 6.45) is 0. The molecule has 0 spiro atoms. The van der Waals surface area contributed by atoms with Gasteiger partial charge in [0.25, 0.3) is 0 Å². The number of benzene rings is 3. The minimum Gasteiger partial charge on any atom is -0.355 e. The maximum Gasteiger partial charge on any atom is 0.207 e. The number of hydrogen-bond donors (Lipinski definition) is 3. The van der Waals surface area contributed by atoms with E-state index in [0.717, 1.165) is 22.5 Å². The van der Waals surface area contributed by atoms with Crippen molar-refractivity contribution in [3.05, 3.63) is 77.9 Å². The van der Waals surface area contributed by atoms with Crippen LogP contribution in [0.15, 0.2) is 66.7 Å². The molecule has 0 atom stereocenters. The van der Waals surface area contributed by atoms with Crippen molar-refractivity contribution >= 4 is 22.3 Å². The third kappa shape index (κ3) is 5.74. The smallest absolute Gasteiger partial charge is 0.207 e. The number of anilines is 2. The Bertz CT molecular complexity index is 1240. The van der Waals surface area contributed by atoms with Gasteiger partial charge in [0.1, 0.15) is 0 Å². The first-order valence-electron chi connectivity index (χ1n) is 9.51. The number of nitrogens with two attached hydrogens (primary N) is 1. The number of thiol groups is 1. The molecule has 0 aliphatic carbocycles. The van der Waals surface area contributed by atoms with Gasteiger partial charge >= 0.3 is 0 Å². The van der Waals surface area contributed by atoms with Gasteiger partial charge in [-0.05, 0) is 59.5 Å². The van der Waals surface area contributed by atoms with Gasteiger partial charge in [0.2, 0.25) is 5.82 Å². The predicted molar refractivity (Wildman–Crippen MR) is 123 cm³/mol. The number of rotatable bonds is 4. The van der Waals surface area contributed by atoms with E-state index in [-0.39, 0.29) is 0 Å². The number of aromatic nitrogens is 4. The predicted octanol–water partition coefficient (Wildman–Crippen LogP) is 3.38. The van der Waals surface area contributed by atoms with E-state index in [1.165, 1.54) is 21.5 Å². The average molecular weight is 437 g/mol. The zero-order valence-electron chi connectivity index (χ0n) is 17.5. The van der Waals surface area contributed by atoms with Crippen LogP contribution in [0.3, 0.4) is 0 Å². The molecule has 0 saturated heterocycles. The normalized spacial score (nSPS) is 10.5. The largest absolute Gasteiger partial charge is 0.355 e. The molecule has 0 saturated carbocycles. The maximum absolute atomic E-state index is 8.81. The second-order valence-corrected chi connectivity index (χ2v) is 7.46. The first kappa shape index (κ1) is 22.1. The van der Waals surface area contributed by atoms with Gasteiger partial charge in [0.05, 0.1) is 7.05 Å². The lowest BCUT2D eigenvalue weighted by Crippen LogP contribution is -1.99. The van der Waals surface area contributed by atoms with E-state index in [2.05, 4.69) is 100 Å². The Morgan fingerprint density at radius 1 is 0.935 bits per heavy atom. The molecule has 0 fully saturated rings. The fraction of sp³-hybridized carbons (Fsp3) is 0.136. The fourth-order valence-electron chi connectivity index (χ4n) is 3.15. The van der Waals surface area contributed by atoms with E-state index in [1.54, 1.807) is 7.05 Å². The topological polar surface area (TPSA) is 116 Å². The van der Waals surface area contributed by atoms with Crippen LogP contribution in [0.1, 0.15) is 11.1 Å². The number of hydrogen-bond acceptors (Lipinski definition) is 6. The molecule has 1 aromatic heterocycles. The first-order chi connectivity index (χ1) is 14.8. The van der Waals surface area contributed by atoms with Crippen LogP contribution in [0.5, 0.6) is 0 Å². The van der Waals surface area contributed by atoms with Gasteiger partial charge < -0.3 is 5.32 Å². The molecule has 0 unspecified atom stereocenters. The second-order valence-electron chi connectivity index (χ2n) is 6.89. The van der Waals surface area contributed by atoms with Crippen molar-refractivity contribution in [3.8, 4) is 22.5 Å². The highest BCUT2D eigenvalue weighted by molar-refractivity contribution is 7.69. The molecule has 3 aromatic carbocycles. The molecule has 1 heterocycles. The van der Waals surface area contributed by atoms with Crippen molar-refractivity contribution in [2.75, 3.05) is 5.32 Å². The van der Waals surface area contributed by atoms with E-state index < -0.39 is 10.9 Å². The summed E-state index contributed by atoms with van der Waals surface area (Å²) < 4.78 is 17.6. The van der Waals surface area contributed by atoms with Gasteiger partial charge in [-0.25, -0.2) is 13.6 Å². The van der Waals surface area contributed by atoms with Crippen molar-refractivity contribution < 1.29 is 8.42 Å². The summed E-state index contributed by atoms with van der Waals surface area (Å²) in [7, 11) is -0.845. The van der Waals surface area contributed by atoms with Gasteiger partial charge in [-0.2, -0.15) is 4.80 Å². The van der Waals surface area contributed by atoms with Crippen molar-refractivity contribution in [2.45, 2.75) is 13.8 Å². The molecule has 31 heavy (non-hydrogen) atoms. The van der Waals surface area contributed by atoms with E-state index in [1.807, 2.05) is 6.07 Å². The maximum atomic E-state index is 8.81. The van der Waals surface area contributed by atoms with Crippen LogP contribution in [0.25, 0.3) is 22.5 Å². The van der Waals surface area contributed by atoms with Gasteiger partial charge in [-0.3, -0.25) is 0 Å². The summed E-state index contributed by atoms with van der Waals surface area (Å²) in [5.74, 6) is 0.625. The highest BCUT2D eigenvalue weighted by Crippen LogP contribution is 2.33. The van der Waals surface area contributed by atoms with Crippen molar-refractivity contribution in [3.63, 3.8) is 0 Å². The SMILES string of the molecule is Cc1ccc(Nc2cccc(-c3ccccc3)c2)c(-c2nnn(C)n2)c1C.N[SH](=O)=O. The lowest BCUT2D eigenvalue weighted by Gasteiger charge is -2.15. The molecule has 0 aliphatic heterocycles. The van der Waals surface area contributed by atoms with Crippen LogP contribution in [0.2, 0.25) is 0 Å². The monoisotopic (exact) mass is 436 g/mol. The minimum atomic E-state index is -2.62. The molecule has 0 radical (unpaired) electrons. The third-order valence-electron chi connectivity index (χ3n) is 4.72. The van der Waals surface area contributed by atoms with E-state index in [9.17, 15) is 0 Å². The summed E-state index contributed by atoms with van der Waals surface area (Å²) in [6, 6.07) is 22.9. The number of tetrazole rings is 1. The van der Waals surface area contributed by atoms with Gasteiger partial charge in [0, 0.05) is 16.9 Å². The molecule has 3 N–H and O–H groups in total. The van der Waals surface area contributed by atoms with Gasteiger partial charge in [-0.15, -0.1) is 10.2 Å². The highest BCUT2D eigenvalue weighted by Gasteiger charge is 2.15. The van der Waals surface area contributed by atoms with Crippen LogP contribution >= 0.6 is 0 Å². The Morgan fingerprint density at radius 2 is 1.61 bits per heavy atom. The summed E-state index contributed by atoms with van der Waals surface area (Å²) in [6.45, 7) is 4.18. The van der Waals surface area contributed by atoms with Crippen LogP contribution in [-0.2, 0) is 17.9 Å². The third-order valence-corrected chi connectivity index (χ3v) is 4.72. The minimum absolute atomic E-state index is 0.625. The van der Waals surface area contributed by atoms with E-state index in [4.69, 9.17) is 8.42 Å². The molecule has 9 heteroatoms. The van der Waals surface area contributed by atoms with E-state index in [0.29, 0.717) is 5.82 Å². The summed E-state index contributed by atoms with van der Waals surface area (Å²) in [4.78, 5) is 1.48. The Kier molecular flexibility index (Phi) is 7.11. The number of nitrogens with one attached hydrogen (secondary N) is 1. The molecule has 0 aliphatic rings. The number of nitrogens with zero attached hydrogens (tertiary/aromatic N) is 4. The summed E-state index contributed by atoms with van der Waals surface area (Å²) in [5, 5.41) is 20.2. The summed E-state index contributed by atoms with van der Waals surface area (Å²) in [5.41, 5.74) is 7.67. The van der Waals surface area contributed by atoms with Gasteiger partial charge in [-0.1, -0.05) is 48.5 Å². The molecule has 8 nitrogen and oxygen atoms in total. The van der Waals surface area contributed by atoms with Crippen LogP contribution in [0, 0.1) is 13.8 Å². The van der Waals surface area contributed by atoms with Crippen LogP contribution in [0.4, 0.5) is 11.4 Å². The molecule has 0 amide bonds. The Morgan fingerprint density at radius 3 is 2.26 bits per heavy atom. The second kappa shape index (κ2) is 9.96. The Balaban J connectivity index is 0.000000628. The van der Waals surface area contributed by atoms with Crippen molar-refractivity contribution in [1.29, 1.82) is 0 Å². The average Bonchev–Trinajstić information content (AvgIpc) is 3.17. The lowest BCUT2D eigenvalue weighted by molar-refractivity contribution is 0.616. The highest BCUT2D eigenvalue weighted by atomic mass is 32.2. The molecule has 160 valence electrons. The van der Waals surface area contributed by atoms with Gasteiger partial charge in [0.15, 0.2) is 10.9 Å². The standard InChI is InChI=1S/C22H21N5.H3NO2S/c1-15-12-13-20(21(16(15)2)22-24-26-27(3)25-22)23-19-11-7-10-18(14-19)17-8-5-4-6-9-17;1-4(2)3/h4-14,23H,1-3H3;4H,(H2,1,2,3). The Labute approximate surface area is 182 Å². The van der Waals surface area contributed by atoms with E-state index >= 15 is 0 Å². The zero-order chi connectivity index (χ0) is 22.4. The summed E-state index contributed by atoms with van der Waals surface area (Å²) >= 11 is 0. The lowest BCUT2D eigenvalue weighted by atomic mass is 10.00. The molecule has 0 bridgehead atoms. The van der Waals surface area contributed by atoms with Crippen LogP contribution < -0.4 is 10.5 Å². The number of aryl methyl sites for hydroxylation is 2. The first-order valence-corrected chi connectivity index (χ1v) is 10.8. The fourth-order valence-corrected chi connectivity index (χ4v) is 3.15. The molecule has 4 rings (SSSR count). The molecular weight excluding hydrogens is 412 g/mol. The van der Waals surface area contributed by atoms with Crippen LogP contribution in [-0.4, -0.2) is 28.6 Å².